The van der Waals surface area contributed by atoms with Crippen LogP contribution in [0.2, 0.25) is 0 Å². The lowest BCUT2D eigenvalue weighted by molar-refractivity contribution is -0.147. The molecule has 0 saturated heterocycles. The van der Waals surface area contributed by atoms with Crippen LogP contribution in [0.4, 0.5) is 0 Å². The second-order valence-electron chi connectivity index (χ2n) is 6.87. The normalized spacial score (nSPS) is 11.8. The van der Waals surface area contributed by atoms with Crippen LogP contribution < -0.4 is 11.1 Å². The number of rotatable bonds is 11. The predicted molar refractivity (Wildman–Crippen MR) is 153 cm³/mol. The van der Waals surface area contributed by atoms with Crippen molar-refractivity contribution in [3.05, 3.63) is 59.7 Å². The zero-order valence-corrected chi connectivity index (χ0v) is 23.8. The molecule has 0 unspecified atom stereocenters. The molecule has 240 valence electrons. The molecular weight excluding hydrogens is 631 g/mol. The van der Waals surface area contributed by atoms with Crippen molar-refractivity contribution in [2.24, 2.45) is 62.6 Å². The predicted octanol–water partition coefficient (Wildman–Crippen LogP) is 5.67. The molecule has 0 bridgehead atoms. The van der Waals surface area contributed by atoms with Crippen LogP contribution in [0.3, 0.4) is 0 Å². The Hall–Kier alpha value is -5.41. The Balaban J connectivity index is -0.000000571. The Labute approximate surface area is 261 Å². The van der Waals surface area contributed by atoms with Crippen molar-refractivity contribution in [1.29, 1.82) is 5.53 Å². The second-order valence-corrected chi connectivity index (χ2v) is 7.02. The van der Waals surface area contributed by atoms with E-state index in [9.17, 15) is 14.4 Å². The number of aliphatic carboxylic acids is 1. The molecule has 0 aliphatic carbocycles. The number of nitrogens with two attached hydrogens (primary N) is 1. The number of carbonyl (C=O) groups excluding carboxylic acids is 2. The molecule has 0 radical (unpaired) electrons. The number of ether oxygens (including phenoxy) is 1. The maximum absolute atomic E-state index is 11.7. The summed E-state index contributed by atoms with van der Waals surface area (Å²) in [6.45, 7) is 3.26. The van der Waals surface area contributed by atoms with Crippen LogP contribution >= 0.6 is 24.2 Å². The molecule has 0 aliphatic rings. The summed E-state index contributed by atoms with van der Waals surface area (Å²) < 4.78 is 7.58. The van der Waals surface area contributed by atoms with Gasteiger partial charge in [-0.25, -0.2) is 4.79 Å². The highest BCUT2D eigenvalue weighted by Gasteiger charge is 2.22. The summed E-state index contributed by atoms with van der Waals surface area (Å²) in [6.07, 6.45) is 0. The highest BCUT2D eigenvalue weighted by Crippen LogP contribution is 2.18. The molecule has 2 aromatic rings. The lowest BCUT2D eigenvalue weighted by Gasteiger charge is -2.16. The molecule has 0 heterocycles. The van der Waals surface area contributed by atoms with Gasteiger partial charge in [-0.2, -0.15) is 5.53 Å². The van der Waals surface area contributed by atoms with Gasteiger partial charge in [-0.1, -0.05) is 36.3 Å². The van der Waals surface area contributed by atoms with Gasteiger partial charge in [0.05, 0.1) is 18.4 Å². The number of nitrogens with zero attached hydrogens (tertiary/aromatic N) is 11. The number of carbonyl (C=O) groups is 3. The van der Waals surface area contributed by atoms with Gasteiger partial charge >= 0.3 is 11.9 Å². The summed E-state index contributed by atoms with van der Waals surface area (Å²) in [7, 11) is 0. The van der Waals surface area contributed by atoms with Crippen molar-refractivity contribution in [2.75, 3.05) is 6.61 Å². The van der Waals surface area contributed by atoms with E-state index >= 15 is 0 Å². The first-order chi connectivity index (χ1) is 20.1. The zero-order chi connectivity index (χ0) is 31.8. The molecule has 2 aromatic carbocycles. The largest absolute Gasteiger partial charge is 0.508 e. The van der Waals surface area contributed by atoms with Crippen molar-refractivity contribution >= 4 is 42.0 Å². The average Bonchev–Trinajstić information content (AvgIpc) is 2.96. The number of nitrogens with one attached hydrogen (secondary N) is 2. The van der Waals surface area contributed by atoms with E-state index in [1.807, 2.05) is 0 Å². The van der Waals surface area contributed by atoms with Crippen molar-refractivity contribution in [3.8, 4) is 11.5 Å². The van der Waals surface area contributed by atoms with Crippen LogP contribution in [-0.2, 0) is 19.1 Å². The molecule has 44 heavy (non-hydrogen) atoms. The molecule has 0 saturated carbocycles. The van der Waals surface area contributed by atoms with E-state index in [-0.39, 0.29) is 43.8 Å². The van der Waals surface area contributed by atoms with E-state index in [4.69, 9.17) is 43.1 Å². The quantitative estimate of drug-likeness (QED) is 0.0986. The van der Waals surface area contributed by atoms with Crippen LogP contribution in [0.15, 0.2) is 105 Å². The fourth-order valence-corrected chi connectivity index (χ4v) is 2.39. The molecule has 2 atom stereocenters. The number of amides is 1. The summed E-state index contributed by atoms with van der Waals surface area (Å²) in [5.74, 6) is -1.74. The molecule has 0 spiro atoms. The van der Waals surface area contributed by atoms with Gasteiger partial charge in [-0.3, -0.25) is 9.59 Å². The molecule has 2 rings (SSSR count). The average molecular weight is 661 g/mol. The van der Waals surface area contributed by atoms with Gasteiger partial charge < -0.3 is 31.1 Å². The van der Waals surface area contributed by atoms with Crippen LogP contribution in [0.5, 0.6) is 11.5 Å². The number of hydrogen-bond donors (Lipinski definition) is 6. The smallest absolute Gasteiger partial charge is 0.333 e. The molecule has 0 aromatic heterocycles. The lowest BCUT2D eigenvalue weighted by Crippen LogP contribution is -2.33. The van der Waals surface area contributed by atoms with Crippen molar-refractivity contribution in [1.82, 2.24) is 5.32 Å². The van der Waals surface area contributed by atoms with Crippen LogP contribution in [0.25, 0.3) is 0 Å². The Kier molecular flexibility index (Phi) is 25.9. The van der Waals surface area contributed by atoms with Crippen LogP contribution in [-0.4, -0.2) is 39.8 Å². The SMILES string of the molecule is C.CCOC(=O)[C@H](NC(C)=O)c1ccc(O)cc1.Cl.N=N/N=N/N=N/N=N/N=N/N=NCl.N[C@@H](C(=O)O)c1ccc(O)cc1. The number of aromatic hydroxyl groups is 2. The molecule has 0 aliphatic heterocycles. The Morgan fingerprint density at radius 3 is 1.64 bits per heavy atom. The van der Waals surface area contributed by atoms with Crippen molar-refractivity contribution in [2.45, 2.75) is 33.4 Å². The topological polar surface area (TPSA) is 319 Å². The number of carboxylic acids is 1. The second kappa shape index (κ2) is 26.5. The first kappa shape index (κ1) is 43.0. The summed E-state index contributed by atoms with van der Waals surface area (Å²) in [5, 5.41) is 57.6. The molecular formula is C21H30Cl2N14O7. The third-order valence-corrected chi connectivity index (χ3v) is 4.08. The highest BCUT2D eigenvalue weighted by atomic mass is 35.5. The Morgan fingerprint density at radius 1 is 0.864 bits per heavy atom. The van der Waals surface area contributed by atoms with Gasteiger partial charge in [-0.15, -0.1) is 12.4 Å². The fourth-order valence-electron chi connectivity index (χ4n) is 2.36. The first-order valence-electron chi connectivity index (χ1n) is 11.0. The number of halogens is 2. The molecule has 7 N–H and O–H groups in total. The third-order valence-electron chi connectivity index (χ3n) is 4.01. The van der Waals surface area contributed by atoms with Gasteiger partial charge in [0.1, 0.15) is 17.5 Å². The van der Waals surface area contributed by atoms with Crippen molar-refractivity contribution in [3.63, 3.8) is 0 Å². The minimum atomic E-state index is -1.08. The summed E-state index contributed by atoms with van der Waals surface area (Å²) in [6, 6.07) is 9.92. The van der Waals surface area contributed by atoms with Gasteiger partial charge in [0.2, 0.25) is 5.91 Å². The molecule has 0 fully saturated rings. The van der Waals surface area contributed by atoms with E-state index in [1.165, 1.54) is 43.3 Å². The summed E-state index contributed by atoms with van der Waals surface area (Å²) >= 11 is 4.73. The van der Waals surface area contributed by atoms with E-state index in [2.05, 4.69) is 62.2 Å². The minimum Gasteiger partial charge on any atom is -0.508 e. The number of phenols is 2. The first-order valence-corrected chi connectivity index (χ1v) is 11.4. The maximum atomic E-state index is 11.7. The number of phenolic OH excluding ortho intramolecular Hbond substituents is 2. The summed E-state index contributed by atoms with van der Waals surface area (Å²) in [4.78, 5) is 33.1. The monoisotopic (exact) mass is 660 g/mol. The fraction of sp³-hybridized carbons (Fsp3) is 0.286. The van der Waals surface area contributed by atoms with Gasteiger partial charge in [0.25, 0.3) is 0 Å². The van der Waals surface area contributed by atoms with E-state index in [1.54, 1.807) is 19.1 Å². The maximum Gasteiger partial charge on any atom is 0.333 e. The van der Waals surface area contributed by atoms with Crippen LogP contribution in [0, 0.1) is 5.53 Å². The van der Waals surface area contributed by atoms with E-state index in [0.29, 0.717) is 11.1 Å². The zero-order valence-electron chi connectivity index (χ0n) is 22.2. The number of esters is 1. The Morgan fingerprint density at radius 2 is 1.27 bits per heavy atom. The molecule has 23 heteroatoms. The third kappa shape index (κ3) is 20.5. The Bertz CT molecular complexity index is 1280. The van der Waals surface area contributed by atoms with Gasteiger partial charge in [0.15, 0.2) is 6.04 Å². The highest BCUT2D eigenvalue weighted by molar-refractivity contribution is 6.13. The molecule has 1 amide bonds. The summed E-state index contributed by atoms with van der Waals surface area (Å²) in [5.41, 5.74) is 12.5. The van der Waals surface area contributed by atoms with Gasteiger partial charge in [0, 0.05) is 6.92 Å². The van der Waals surface area contributed by atoms with E-state index in [0.717, 1.165) is 0 Å². The van der Waals surface area contributed by atoms with Crippen molar-refractivity contribution < 1.29 is 34.4 Å². The minimum absolute atomic E-state index is 0. The van der Waals surface area contributed by atoms with E-state index < -0.39 is 24.0 Å². The van der Waals surface area contributed by atoms with Crippen LogP contribution in [0.1, 0.15) is 44.5 Å². The number of benzene rings is 2. The lowest BCUT2D eigenvalue weighted by atomic mass is 10.1. The van der Waals surface area contributed by atoms with Gasteiger partial charge in [-0.05, 0) is 94.5 Å². The standard InChI is InChI=1S/C12H15NO4.C8H9NO3.CH4.ClHN12.ClH/c1-3-17-12(16)11(13-8(2)14)9-4-6-10(15)7-5-9;9-7(8(11)12)5-1-3-6(10)4-2-5;;1-3-5-7-9-11-13-12-10-8-6-4-2;/h4-7,11,15H,3H2,1-2H3,(H,13,14);1-4,7,10H,9H2,(H,11,12);1H4;2H;1H/b;;;4-2?,5-3?,8-6+,9-7+,12-10+,13-11+;/t11-;7-;;;/m11.../s1. The number of carboxylic acid groups (broad SMARTS) is 1. The number of hydrogen-bond acceptors (Lipinski definition) is 9. The molecule has 21 nitrogen and oxygen atoms in total.